The van der Waals surface area contributed by atoms with Crippen molar-refractivity contribution in [1.82, 2.24) is 0 Å². The van der Waals surface area contributed by atoms with Crippen molar-refractivity contribution in [2.75, 3.05) is 0 Å². The van der Waals surface area contributed by atoms with E-state index in [9.17, 15) is 0 Å². The first kappa shape index (κ1) is 67.9. The largest absolute Gasteiger partial charge is 0.212 e. The third-order valence-corrected chi connectivity index (χ3v) is 20.0. The Labute approximate surface area is 661 Å². The molecule has 4 heterocycles. The highest BCUT2D eigenvalue weighted by Gasteiger charge is 2.27. The molecule has 0 aliphatic carbocycles. The molecule has 4 heteroatoms. The van der Waals surface area contributed by atoms with Crippen LogP contribution in [-0.2, 0) is 47.4 Å². The van der Waals surface area contributed by atoms with Gasteiger partial charge in [-0.25, -0.2) is 18.3 Å². The molecular weight excluding hydrogens is 1290 g/mol. The Morgan fingerprint density at radius 3 is 1.06 bits per heavy atom. The minimum absolute atomic E-state index is 0.277. The van der Waals surface area contributed by atoms with Crippen LogP contribution in [0.15, 0.2) is 225 Å². The van der Waals surface area contributed by atoms with Gasteiger partial charge in [0, 0.05) is 82.5 Å². The third-order valence-electron chi connectivity index (χ3n) is 20.0. The Bertz CT molecular complexity index is 5530. The first-order valence-electron chi connectivity index (χ1n) is 42.9. The molecule has 0 fully saturated rings. The number of benzene rings is 8. The first-order valence-corrected chi connectivity index (χ1v) is 37.9. The van der Waals surface area contributed by atoms with Crippen molar-refractivity contribution >= 4 is 0 Å². The van der Waals surface area contributed by atoms with Crippen LogP contribution < -0.4 is 18.3 Å². The van der Waals surface area contributed by atoms with Gasteiger partial charge >= 0.3 is 0 Å². The normalized spacial score (nSPS) is 13.5. The summed E-state index contributed by atoms with van der Waals surface area (Å²) in [5.74, 6) is -1.73. The summed E-state index contributed by atoms with van der Waals surface area (Å²) in [5, 5.41) is 0. The molecule has 12 rings (SSSR count). The summed E-state index contributed by atoms with van der Waals surface area (Å²) in [5.41, 5.74) is 32.2. The van der Waals surface area contributed by atoms with Crippen LogP contribution in [0.25, 0.3) is 89.5 Å². The summed E-state index contributed by atoms with van der Waals surface area (Å²) >= 11 is 0. The highest BCUT2D eigenvalue weighted by Crippen LogP contribution is 2.38. The zero-order valence-electron chi connectivity index (χ0n) is 79.1. The molecular formula is C103H126N4+4. The molecule has 0 unspecified atom stereocenters. The summed E-state index contributed by atoms with van der Waals surface area (Å²) < 4.78 is 91.6. The molecule has 4 aromatic heterocycles. The molecule has 12 aromatic rings. The molecule has 0 aliphatic heterocycles. The number of nitrogens with zero attached hydrogens (tertiary/aromatic N) is 4. The molecule has 4 nitrogen and oxygen atoms in total. The number of hydrogen-bond acceptors (Lipinski definition) is 0. The van der Waals surface area contributed by atoms with Crippen molar-refractivity contribution in [3.8, 4) is 89.5 Å². The van der Waals surface area contributed by atoms with Crippen molar-refractivity contribution in [3.63, 3.8) is 0 Å². The summed E-state index contributed by atoms with van der Waals surface area (Å²) in [4.78, 5) is 0. The minimum Gasteiger partial charge on any atom is -0.201 e. The highest BCUT2D eigenvalue weighted by atomic mass is 14.9. The molecule has 554 valence electrons. The van der Waals surface area contributed by atoms with Crippen molar-refractivity contribution in [1.29, 1.82) is 0 Å². The molecule has 0 radical (unpaired) electrons. The number of rotatable bonds is 13. The highest BCUT2D eigenvalue weighted by molar-refractivity contribution is 5.79. The Morgan fingerprint density at radius 1 is 0.290 bits per heavy atom. The Morgan fingerprint density at radius 2 is 0.636 bits per heavy atom. The van der Waals surface area contributed by atoms with Gasteiger partial charge in [-0.15, -0.1) is 0 Å². The predicted octanol–water partition coefficient (Wildman–Crippen LogP) is 25.5. The van der Waals surface area contributed by atoms with E-state index in [1.807, 2.05) is 190 Å². The van der Waals surface area contributed by atoms with Crippen molar-refractivity contribution in [2.24, 2.45) is 44.4 Å². The van der Waals surface area contributed by atoms with Gasteiger partial charge < -0.3 is 0 Å². The van der Waals surface area contributed by atoms with E-state index in [0.717, 1.165) is 74.3 Å². The zero-order valence-corrected chi connectivity index (χ0v) is 69.1. The lowest BCUT2D eigenvalue weighted by atomic mass is 9.86. The average molecular weight is 1430 g/mol. The fourth-order valence-electron chi connectivity index (χ4n) is 14.4. The van der Waals surface area contributed by atoms with Crippen LogP contribution in [0.2, 0.25) is 0 Å². The quantitative estimate of drug-likeness (QED) is 0.102. The second kappa shape index (κ2) is 34.5. The van der Waals surface area contributed by atoms with Gasteiger partial charge in [0.1, 0.15) is 28.2 Å². The van der Waals surface area contributed by atoms with Gasteiger partial charge in [0.05, 0.1) is 0 Å². The topological polar surface area (TPSA) is 15.5 Å². The van der Waals surface area contributed by atoms with Crippen LogP contribution in [0, 0.1) is 85.3 Å². The van der Waals surface area contributed by atoms with Crippen molar-refractivity contribution in [2.45, 2.75) is 190 Å². The lowest BCUT2D eigenvalue weighted by Crippen LogP contribution is -2.32. The van der Waals surface area contributed by atoms with Crippen LogP contribution in [-0.4, -0.2) is 0 Å². The summed E-state index contributed by atoms with van der Waals surface area (Å²) in [6.45, 7) is 39.3. The van der Waals surface area contributed by atoms with E-state index < -0.39 is 37.3 Å². The first-order chi connectivity index (χ1) is 54.1. The Hall–Kier alpha value is -9.64. The maximum absolute atomic E-state index is 8.71. The molecule has 0 amide bonds. The molecule has 0 N–H and O–H groups in total. The molecule has 0 bridgehead atoms. The molecule has 0 spiro atoms. The molecule has 8 aromatic carbocycles. The van der Waals surface area contributed by atoms with Crippen molar-refractivity contribution in [3.05, 3.63) is 308 Å². The van der Waals surface area contributed by atoms with Crippen molar-refractivity contribution < 1.29 is 32.0 Å². The van der Waals surface area contributed by atoms with E-state index in [2.05, 4.69) is 215 Å². The predicted molar refractivity (Wildman–Crippen MR) is 459 cm³/mol. The molecule has 0 aliphatic rings. The zero-order chi connectivity index (χ0) is 86.8. The maximum atomic E-state index is 8.71. The number of aryl methyl sites for hydroxylation is 14. The lowest BCUT2D eigenvalue weighted by molar-refractivity contribution is -0.661. The molecule has 0 saturated heterocycles. The second-order valence-corrected chi connectivity index (χ2v) is 33.7. The Kier molecular flexibility index (Phi) is 21.9. The van der Waals surface area contributed by atoms with Crippen LogP contribution in [0.1, 0.15) is 199 Å². The lowest BCUT2D eigenvalue weighted by Gasteiger charge is -2.20. The fourth-order valence-corrected chi connectivity index (χ4v) is 14.4. The van der Waals surface area contributed by atoms with Crippen LogP contribution in [0.3, 0.4) is 0 Å². The smallest absolute Gasteiger partial charge is 0.201 e. The number of pyridine rings is 4. The summed E-state index contributed by atoms with van der Waals surface area (Å²) in [6, 6.07) is 68.1. The summed E-state index contributed by atoms with van der Waals surface area (Å²) in [6.07, 6.45) is 9.08. The van der Waals surface area contributed by atoms with Crippen LogP contribution in [0.5, 0.6) is 0 Å². The third kappa shape index (κ3) is 21.0. The molecule has 107 heavy (non-hydrogen) atoms. The van der Waals surface area contributed by atoms with Crippen LogP contribution >= 0.6 is 0 Å². The number of hydrogen-bond donors (Lipinski definition) is 0. The van der Waals surface area contributed by atoms with E-state index in [0.29, 0.717) is 33.2 Å². The average Bonchev–Trinajstić information content (AvgIpc) is 0.761. The number of aromatic nitrogens is 4. The van der Waals surface area contributed by atoms with Crippen LogP contribution in [0.4, 0.5) is 0 Å². The monoisotopic (exact) mass is 1430 g/mol. The Balaban J connectivity index is 0.000000179. The van der Waals surface area contributed by atoms with E-state index in [1.165, 1.54) is 83.7 Å². The molecule has 0 atom stereocenters. The van der Waals surface area contributed by atoms with E-state index in [1.54, 1.807) is 12.1 Å². The van der Waals surface area contributed by atoms with Gasteiger partial charge in [0.15, 0.2) is 24.8 Å². The second-order valence-electron chi connectivity index (χ2n) is 33.7. The van der Waals surface area contributed by atoms with Gasteiger partial charge in [-0.3, -0.25) is 0 Å². The maximum Gasteiger partial charge on any atom is 0.212 e. The van der Waals surface area contributed by atoms with Gasteiger partial charge in [-0.2, -0.15) is 0 Å². The molecule has 0 saturated carbocycles. The van der Waals surface area contributed by atoms with E-state index in [4.69, 9.17) is 13.7 Å². The standard InChI is InChI=1S/3C26H32N.C25H30N/c1-18-14-25(27(7)17-22(18)16-26(4,5)6)24-15-23(19(2)13-20(24)3)21-11-9-8-10-12-21;1-18-13-19(2)24(15-23(18)21-11-9-8-10-12-21)25-14-22(16-26(4,5)6)20(3)17-27(25)7;1-17(2)22-15-26(27(7)16-25(22)18(3)4)24-14-23(19(5)13-20(24)6)21-11-9-8-10-12-21;1-18-12-13-21(20-10-8-7-9-11-20)15-23(18)24-14-19(2)22(17-26(24)6)16-25(3,4)5/h2*8-15,17H,16H2,1-7H3;8-18H,1-7H3;7-15,17H,16H2,1-6H3/q4*+1/i2D3,16D2;;5D3,17D,18D;. The SMILES string of the molecule is Cc1c[n+](C)c(-c2cc(-c3ccccc3)c(C)cc2C)cc1CC(C)(C)C.Cc1cc(-c2cc(-c3ccccc3)ccc2C)[n+](C)cc1CC(C)(C)C.[2H]C([2H])([2H])c1cc(C)c(-c2cc(C([2H])(C)C)c(C([2H])(C)C)c[n+]2C)cc1-c1ccccc1.[2H]C([2H])([2H])c1cc(C)c(-c2cc(C)c(C([2H])([2H])C(C)(C)C)c[n+]2C)cc1-c1ccccc1. The van der Waals surface area contributed by atoms with Gasteiger partial charge in [-0.05, 0) is 246 Å². The van der Waals surface area contributed by atoms with Gasteiger partial charge in [-0.1, -0.05) is 242 Å². The van der Waals surface area contributed by atoms with Gasteiger partial charge in [0.2, 0.25) is 22.8 Å². The van der Waals surface area contributed by atoms with E-state index in [-0.39, 0.29) is 5.41 Å². The summed E-state index contributed by atoms with van der Waals surface area (Å²) in [7, 11) is 8.17. The van der Waals surface area contributed by atoms with E-state index >= 15 is 0 Å². The minimum atomic E-state index is -2.23. The van der Waals surface area contributed by atoms with Gasteiger partial charge in [0.25, 0.3) is 0 Å². The fraction of sp³-hybridized carbons (Fsp3) is 0.340.